The van der Waals surface area contributed by atoms with Crippen LogP contribution in [-0.2, 0) is 30.7 Å². The molecule has 4 atom stereocenters. The normalized spacial score (nSPS) is 21.8. The van der Waals surface area contributed by atoms with Crippen LogP contribution in [0.2, 0.25) is 0 Å². The van der Waals surface area contributed by atoms with Crippen LogP contribution in [0.3, 0.4) is 0 Å². The van der Waals surface area contributed by atoms with Crippen molar-refractivity contribution in [3.63, 3.8) is 0 Å². The summed E-state index contributed by atoms with van der Waals surface area (Å²) < 4.78 is 0. The third-order valence-corrected chi connectivity index (χ3v) is 2.86. The van der Waals surface area contributed by atoms with E-state index in [0.717, 1.165) is 38.8 Å². The standard InChI is InChI=1S/C6H14N2.2C3H6O3.Pt/c7-3-5-1-2-6(5)4-8;2*1-2(4)3(5)6;/h5-6H,1-4,7-8H2;2*2,4H,1H3,(H,5,6);/q;;;+2/p-2/t5-,6-;;;/m0.../s1. The SMILES string of the molecule is CC(O)C(=O)[O-].CC(O)C(=O)[O-].NC[C@@H]1CC[C@H]1CN.[Pt+2]. The number of aliphatic hydroxyl groups is 2. The predicted octanol–water partition coefficient (Wildman–Crippen LogP) is -3.84. The predicted molar refractivity (Wildman–Crippen MR) is 67.7 cm³/mol. The van der Waals surface area contributed by atoms with Crippen molar-refractivity contribution in [2.24, 2.45) is 23.3 Å². The zero-order valence-corrected chi connectivity index (χ0v) is 14.4. The summed E-state index contributed by atoms with van der Waals surface area (Å²) in [6, 6.07) is 0. The van der Waals surface area contributed by atoms with Crippen LogP contribution in [0.1, 0.15) is 26.7 Å². The number of carbonyl (C=O) groups is 2. The fraction of sp³-hybridized carbons (Fsp3) is 0.833. The molecule has 8 nitrogen and oxygen atoms in total. The molecular weight excluding hydrogens is 463 g/mol. The van der Waals surface area contributed by atoms with E-state index in [-0.39, 0.29) is 21.1 Å². The minimum absolute atomic E-state index is 0. The summed E-state index contributed by atoms with van der Waals surface area (Å²) in [6.45, 7) is 3.94. The Labute approximate surface area is 138 Å². The molecule has 0 saturated heterocycles. The Morgan fingerprint density at radius 1 is 1.00 bits per heavy atom. The van der Waals surface area contributed by atoms with Crippen molar-refractivity contribution in [3.05, 3.63) is 0 Å². The molecule has 1 rings (SSSR count). The fourth-order valence-corrected chi connectivity index (χ4v) is 1.26. The molecule has 1 saturated carbocycles. The molecule has 9 heteroatoms. The molecule has 0 radical (unpaired) electrons. The maximum Gasteiger partial charge on any atom is 2.00 e. The maximum atomic E-state index is 9.34. The van der Waals surface area contributed by atoms with Crippen LogP contribution in [0.15, 0.2) is 0 Å². The van der Waals surface area contributed by atoms with Crippen LogP contribution < -0.4 is 21.7 Å². The van der Waals surface area contributed by atoms with Crippen molar-refractivity contribution >= 4 is 11.9 Å². The van der Waals surface area contributed by atoms with E-state index < -0.39 is 24.1 Å². The second kappa shape index (κ2) is 14.4. The molecule has 0 aromatic carbocycles. The summed E-state index contributed by atoms with van der Waals surface area (Å²) >= 11 is 0. The van der Waals surface area contributed by atoms with Crippen molar-refractivity contribution < 1.29 is 51.1 Å². The Hall–Kier alpha value is -0.532. The molecule has 0 aliphatic heterocycles. The van der Waals surface area contributed by atoms with E-state index in [0.29, 0.717) is 0 Å². The van der Waals surface area contributed by atoms with Crippen LogP contribution >= 0.6 is 0 Å². The molecule has 21 heavy (non-hydrogen) atoms. The van der Waals surface area contributed by atoms with Gasteiger partial charge in [0.2, 0.25) is 0 Å². The van der Waals surface area contributed by atoms with Crippen LogP contribution in [0, 0.1) is 11.8 Å². The Balaban J connectivity index is -0.000000231. The van der Waals surface area contributed by atoms with Crippen molar-refractivity contribution in [1.29, 1.82) is 0 Å². The number of hydrogen-bond donors (Lipinski definition) is 4. The van der Waals surface area contributed by atoms with E-state index in [1.807, 2.05) is 0 Å². The van der Waals surface area contributed by atoms with E-state index in [1.165, 1.54) is 12.8 Å². The molecule has 0 spiro atoms. The van der Waals surface area contributed by atoms with E-state index in [1.54, 1.807) is 0 Å². The molecule has 1 fully saturated rings. The van der Waals surface area contributed by atoms with Gasteiger partial charge in [0.15, 0.2) is 0 Å². The second-order valence-electron chi connectivity index (χ2n) is 4.56. The van der Waals surface area contributed by atoms with Gasteiger partial charge in [-0.3, -0.25) is 0 Å². The average molecular weight is 487 g/mol. The van der Waals surface area contributed by atoms with Gasteiger partial charge in [0.25, 0.3) is 0 Å². The molecule has 0 amide bonds. The third kappa shape index (κ3) is 14.2. The number of nitrogens with two attached hydrogens (primary N) is 2. The van der Waals surface area contributed by atoms with Crippen LogP contribution in [-0.4, -0.2) is 47.4 Å². The monoisotopic (exact) mass is 487 g/mol. The van der Waals surface area contributed by atoms with Gasteiger partial charge in [0, 0.05) is 0 Å². The van der Waals surface area contributed by atoms with Crippen LogP contribution in [0.25, 0.3) is 0 Å². The van der Waals surface area contributed by atoms with Gasteiger partial charge in [-0.25, -0.2) is 0 Å². The number of carbonyl (C=O) groups excluding carboxylic acids is 2. The molecule has 128 valence electrons. The van der Waals surface area contributed by atoms with Crippen LogP contribution in [0.4, 0.5) is 0 Å². The van der Waals surface area contributed by atoms with E-state index in [9.17, 15) is 19.8 Å². The minimum atomic E-state index is -1.44. The Bertz CT molecular complexity index is 257. The van der Waals surface area contributed by atoms with Gasteiger partial charge in [-0.15, -0.1) is 0 Å². The van der Waals surface area contributed by atoms with Gasteiger partial charge < -0.3 is 41.5 Å². The van der Waals surface area contributed by atoms with Crippen molar-refractivity contribution in [2.75, 3.05) is 13.1 Å². The molecule has 2 unspecified atom stereocenters. The first-order chi connectivity index (χ1) is 9.17. The molecule has 0 aromatic rings. The van der Waals surface area contributed by atoms with E-state index in [4.69, 9.17) is 21.7 Å². The first-order valence-corrected chi connectivity index (χ1v) is 6.35. The largest absolute Gasteiger partial charge is 2.00 e. The third-order valence-electron chi connectivity index (χ3n) is 2.86. The van der Waals surface area contributed by atoms with Gasteiger partial charge in [-0.05, 0) is 51.6 Å². The van der Waals surface area contributed by atoms with Crippen molar-refractivity contribution in [1.82, 2.24) is 0 Å². The summed E-state index contributed by atoms with van der Waals surface area (Å²) in [5.74, 6) is -1.37. The fourth-order valence-electron chi connectivity index (χ4n) is 1.26. The first-order valence-electron chi connectivity index (χ1n) is 6.35. The van der Waals surface area contributed by atoms with Gasteiger partial charge >= 0.3 is 21.1 Å². The second-order valence-corrected chi connectivity index (χ2v) is 4.56. The topological polar surface area (TPSA) is 173 Å². The summed E-state index contributed by atoms with van der Waals surface area (Å²) in [5.41, 5.74) is 10.9. The van der Waals surface area contributed by atoms with Gasteiger partial charge in [-0.2, -0.15) is 0 Å². The zero-order chi connectivity index (χ0) is 16.3. The zero-order valence-electron chi connectivity index (χ0n) is 12.1. The maximum absolute atomic E-state index is 9.34. The molecule has 0 bridgehead atoms. The number of aliphatic hydroxyl groups excluding tert-OH is 2. The van der Waals surface area contributed by atoms with Gasteiger partial charge in [-0.1, -0.05) is 0 Å². The summed E-state index contributed by atoms with van der Waals surface area (Å²) in [4.78, 5) is 18.7. The number of aliphatic carboxylic acids is 2. The molecule has 0 heterocycles. The number of carboxylic acids is 2. The summed E-state index contributed by atoms with van der Waals surface area (Å²) in [7, 11) is 0. The molecular formula is C12H24N2O6Pt. The number of rotatable bonds is 4. The number of carboxylic acid groups (broad SMARTS) is 2. The molecule has 1 aliphatic rings. The van der Waals surface area contributed by atoms with Crippen molar-refractivity contribution in [2.45, 2.75) is 38.9 Å². The quantitative estimate of drug-likeness (QED) is 0.312. The average Bonchev–Trinajstić information content (AvgIpc) is 2.30. The minimum Gasteiger partial charge on any atom is -0.547 e. The Morgan fingerprint density at radius 3 is 1.24 bits per heavy atom. The molecule has 6 N–H and O–H groups in total. The van der Waals surface area contributed by atoms with Crippen LogP contribution in [0.5, 0.6) is 0 Å². The van der Waals surface area contributed by atoms with E-state index in [2.05, 4.69) is 0 Å². The Morgan fingerprint density at radius 2 is 1.19 bits per heavy atom. The van der Waals surface area contributed by atoms with Gasteiger partial charge in [0.05, 0.1) is 24.1 Å². The van der Waals surface area contributed by atoms with E-state index >= 15 is 0 Å². The molecule has 0 aromatic heterocycles. The van der Waals surface area contributed by atoms with Gasteiger partial charge in [0.1, 0.15) is 0 Å². The summed E-state index contributed by atoms with van der Waals surface area (Å²) in [6.07, 6.45) is -0.0773. The van der Waals surface area contributed by atoms with Crippen molar-refractivity contribution in [3.8, 4) is 0 Å². The molecule has 1 aliphatic carbocycles. The Kier molecular flexibility index (Phi) is 17.4. The summed E-state index contributed by atoms with van der Waals surface area (Å²) in [5, 5.41) is 34.6. The first kappa shape index (κ1) is 25.4. The smallest absolute Gasteiger partial charge is 0.547 e. The number of hydrogen-bond acceptors (Lipinski definition) is 8.